The third-order valence-corrected chi connectivity index (χ3v) is 2.75. The van der Waals surface area contributed by atoms with Gasteiger partial charge in [-0.1, -0.05) is 0 Å². The Labute approximate surface area is 69.0 Å². The number of rotatable bonds is 2. The van der Waals surface area contributed by atoms with Crippen molar-refractivity contribution in [2.45, 2.75) is 31.7 Å². The Hall–Kier alpha value is -0.0800. The van der Waals surface area contributed by atoms with E-state index in [-0.39, 0.29) is 0 Å². The van der Waals surface area contributed by atoms with E-state index in [9.17, 15) is 0 Å². The zero-order valence-electron chi connectivity index (χ0n) is 7.13. The molecule has 0 aromatic heterocycles. The predicted molar refractivity (Wildman–Crippen MR) is 45.7 cm³/mol. The van der Waals surface area contributed by atoms with E-state index >= 15 is 0 Å². The average molecular weight is 153 g/mol. The van der Waals surface area contributed by atoms with Crippen molar-refractivity contribution in [1.82, 2.24) is 10.2 Å². The first-order valence-electron chi connectivity index (χ1n) is 4.84. The molecule has 2 nitrogen and oxygen atoms in total. The maximum atomic E-state index is 4.56. The summed E-state index contributed by atoms with van der Waals surface area (Å²) in [6.07, 6.45) is 5.49. The molecule has 0 aliphatic carbocycles. The van der Waals surface area contributed by atoms with E-state index in [0.717, 1.165) is 6.54 Å². The summed E-state index contributed by atoms with van der Waals surface area (Å²) in [4.78, 5) is 2.57. The third kappa shape index (κ3) is 1.94. The van der Waals surface area contributed by atoms with Gasteiger partial charge in [-0.3, -0.25) is 0 Å². The summed E-state index contributed by atoms with van der Waals surface area (Å²) in [6.45, 7) is 5.02. The number of hydrogen-bond acceptors (Lipinski definition) is 1. The lowest BCUT2D eigenvalue weighted by Crippen LogP contribution is -2.32. The minimum Gasteiger partial charge on any atom is -0.302 e. The lowest BCUT2D eigenvalue weighted by Gasteiger charge is -2.18. The first kappa shape index (κ1) is 7.56. The summed E-state index contributed by atoms with van der Waals surface area (Å²) < 4.78 is 0. The van der Waals surface area contributed by atoms with Gasteiger partial charge in [-0.05, 0) is 38.8 Å². The van der Waals surface area contributed by atoms with Gasteiger partial charge in [-0.15, -0.1) is 0 Å². The molecular weight excluding hydrogens is 136 g/mol. The van der Waals surface area contributed by atoms with Crippen LogP contribution >= 0.6 is 0 Å². The molecule has 2 fully saturated rings. The van der Waals surface area contributed by atoms with Gasteiger partial charge in [-0.2, -0.15) is 0 Å². The fraction of sp³-hybridized carbons (Fsp3) is 1.00. The smallest absolute Gasteiger partial charge is 0.0373 e. The molecule has 0 bridgehead atoms. The van der Waals surface area contributed by atoms with Crippen LogP contribution in [0.5, 0.6) is 0 Å². The molecule has 0 aromatic rings. The highest BCUT2D eigenvalue weighted by atomic mass is 15.2. The summed E-state index contributed by atoms with van der Waals surface area (Å²) in [5.74, 6) is 0. The molecule has 0 amide bonds. The molecule has 1 radical (unpaired) electrons. The second-order valence-corrected chi connectivity index (χ2v) is 3.71. The molecule has 0 spiro atoms. The first-order valence-corrected chi connectivity index (χ1v) is 4.84. The van der Waals surface area contributed by atoms with E-state index in [1.165, 1.54) is 45.3 Å². The van der Waals surface area contributed by atoms with E-state index in [4.69, 9.17) is 0 Å². The molecule has 11 heavy (non-hydrogen) atoms. The van der Waals surface area contributed by atoms with E-state index in [1.54, 1.807) is 0 Å². The monoisotopic (exact) mass is 153 g/mol. The van der Waals surface area contributed by atoms with E-state index in [2.05, 4.69) is 10.2 Å². The Balaban J connectivity index is 1.71. The summed E-state index contributed by atoms with van der Waals surface area (Å²) in [7, 11) is 0. The van der Waals surface area contributed by atoms with Crippen molar-refractivity contribution >= 4 is 0 Å². The molecule has 2 heteroatoms. The Kier molecular flexibility index (Phi) is 2.44. The molecule has 0 unspecified atom stereocenters. The predicted octanol–water partition coefficient (Wildman–Crippen LogP) is 0.849. The summed E-state index contributed by atoms with van der Waals surface area (Å²) in [5.41, 5.74) is 0. The van der Waals surface area contributed by atoms with Gasteiger partial charge < -0.3 is 4.90 Å². The highest BCUT2D eigenvalue weighted by molar-refractivity contribution is 4.79. The molecule has 0 aromatic carbocycles. The van der Waals surface area contributed by atoms with Crippen LogP contribution in [0.4, 0.5) is 0 Å². The quantitative estimate of drug-likeness (QED) is 0.575. The lowest BCUT2D eigenvalue weighted by molar-refractivity contribution is 0.301. The van der Waals surface area contributed by atoms with Gasteiger partial charge >= 0.3 is 0 Å². The maximum absolute atomic E-state index is 4.56. The molecule has 2 aliphatic rings. The van der Waals surface area contributed by atoms with Gasteiger partial charge in [-0.25, -0.2) is 5.32 Å². The largest absolute Gasteiger partial charge is 0.302 e. The fourth-order valence-electron chi connectivity index (χ4n) is 2.10. The van der Waals surface area contributed by atoms with Crippen LogP contribution in [0.2, 0.25) is 0 Å². The topological polar surface area (TPSA) is 17.3 Å². The normalized spacial score (nSPS) is 33.3. The summed E-state index contributed by atoms with van der Waals surface area (Å²) in [5, 5.41) is 4.56. The fourth-order valence-corrected chi connectivity index (χ4v) is 2.10. The standard InChI is InChI=1S/C9H17N2/c1-2-7-11(6-1)8-9-4-3-5-10-9/h9H,1-8H2/t9-/m0/s1. The molecule has 0 saturated carbocycles. The van der Waals surface area contributed by atoms with Crippen molar-refractivity contribution in [2.75, 3.05) is 26.2 Å². The van der Waals surface area contributed by atoms with Crippen LogP contribution in [0.25, 0.3) is 0 Å². The Bertz CT molecular complexity index is 98.7. The Morgan fingerprint density at radius 1 is 1.18 bits per heavy atom. The molecule has 0 N–H and O–H groups in total. The molecular formula is C9H17N2. The highest BCUT2D eigenvalue weighted by Crippen LogP contribution is 2.13. The number of nitrogens with zero attached hydrogens (tertiary/aromatic N) is 2. The molecule has 2 saturated heterocycles. The van der Waals surface area contributed by atoms with E-state index in [1.807, 2.05) is 0 Å². The van der Waals surface area contributed by atoms with Crippen LogP contribution in [0.15, 0.2) is 0 Å². The van der Waals surface area contributed by atoms with Gasteiger partial charge in [0, 0.05) is 19.1 Å². The Morgan fingerprint density at radius 3 is 2.64 bits per heavy atom. The second-order valence-electron chi connectivity index (χ2n) is 3.71. The Morgan fingerprint density at radius 2 is 2.00 bits per heavy atom. The van der Waals surface area contributed by atoms with Gasteiger partial charge in [0.2, 0.25) is 0 Å². The van der Waals surface area contributed by atoms with Crippen LogP contribution < -0.4 is 5.32 Å². The van der Waals surface area contributed by atoms with Crippen molar-refractivity contribution in [3.8, 4) is 0 Å². The molecule has 63 valence electrons. The van der Waals surface area contributed by atoms with Crippen LogP contribution in [0.1, 0.15) is 25.7 Å². The first-order chi connectivity index (χ1) is 5.45. The third-order valence-electron chi connectivity index (χ3n) is 2.75. The molecule has 2 rings (SSSR count). The highest BCUT2D eigenvalue weighted by Gasteiger charge is 2.20. The van der Waals surface area contributed by atoms with Gasteiger partial charge in [0.15, 0.2) is 0 Å². The van der Waals surface area contributed by atoms with Gasteiger partial charge in [0.05, 0.1) is 0 Å². The number of likely N-dealkylation sites (tertiary alicyclic amines) is 1. The average Bonchev–Trinajstić information content (AvgIpc) is 2.60. The SMILES string of the molecule is C1C[N][C@H](CN2CCCC2)C1. The minimum absolute atomic E-state index is 0.688. The molecule has 2 aliphatic heterocycles. The van der Waals surface area contributed by atoms with E-state index < -0.39 is 0 Å². The van der Waals surface area contributed by atoms with Crippen molar-refractivity contribution in [2.24, 2.45) is 0 Å². The second kappa shape index (κ2) is 3.55. The summed E-state index contributed by atoms with van der Waals surface area (Å²) >= 11 is 0. The maximum Gasteiger partial charge on any atom is 0.0373 e. The van der Waals surface area contributed by atoms with Crippen molar-refractivity contribution in [1.29, 1.82) is 0 Å². The summed E-state index contributed by atoms with van der Waals surface area (Å²) in [6, 6.07) is 0.688. The minimum atomic E-state index is 0.688. The van der Waals surface area contributed by atoms with E-state index in [0.29, 0.717) is 6.04 Å². The number of hydrogen-bond donors (Lipinski definition) is 0. The van der Waals surface area contributed by atoms with Crippen molar-refractivity contribution < 1.29 is 0 Å². The van der Waals surface area contributed by atoms with Crippen molar-refractivity contribution in [3.05, 3.63) is 0 Å². The lowest BCUT2D eigenvalue weighted by atomic mass is 10.2. The van der Waals surface area contributed by atoms with Crippen LogP contribution in [-0.2, 0) is 0 Å². The molecule has 2 heterocycles. The van der Waals surface area contributed by atoms with Gasteiger partial charge in [0.25, 0.3) is 0 Å². The van der Waals surface area contributed by atoms with Crippen LogP contribution in [-0.4, -0.2) is 37.1 Å². The zero-order valence-corrected chi connectivity index (χ0v) is 7.13. The van der Waals surface area contributed by atoms with Crippen LogP contribution in [0, 0.1) is 0 Å². The zero-order chi connectivity index (χ0) is 7.52. The van der Waals surface area contributed by atoms with Crippen molar-refractivity contribution in [3.63, 3.8) is 0 Å². The van der Waals surface area contributed by atoms with Crippen LogP contribution in [0.3, 0.4) is 0 Å². The van der Waals surface area contributed by atoms with Gasteiger partial charge in [0.1, 0.15) is 0 Å². The molecule has 1 atom stereocenters.